The molecule has 0 aliphatic carbocycles. The molecule has 0 N–H and O–H groups in total. The minimum absolute atomic E-state index is 0.278. The first-order chi connectivity index (χ1) is 4.24. The zero-order valence-corrected chi connectivity index (χ0v) is 6.31. The average molecular weight is 193 g/mol. The molecule has 0 aromatic carbocycles. The van der Waals surface area contributed by atoms with Crippen LogP contribution in [0.15, 0.2) is 0 Å². The molecule has 1 aliphatic heterocycles. The van der Waals surface area contributed by atoms with E-state index in [1.165, 1.54) is 0 Å². The van der Waals surface area contributed by atoms with Gasteiger partial charge in [-0.2, -0.15) is 5.26 Å². The van der Waals surface area contributed by atoms with E-state index in [4.69, 9.17) is 5.26 Å². The van der Waals surface area contributed by atoms with Crippen molar-refractivity contribution in [2.24, 2.45) is 0 Å². The second-order valence-electron chi connectivity index (χ2n) is 2.06. The molecule has 0 aromatic heterocycles. The van der Waals surface area contributed by atoms with Crippen molar-refractivity contribution in [3.63, 3.8) is 0 Å². The normalized spacial score (nSPS) is 36.6. The molecule has 0 aromatic rings. The molecule has 0 radical (unpaired) electrons. The summed E-state index contributed by atoms with van der Waals surface area (Å²) < 4.78 is 13.9. The van der Waals surface area contributed by atoms with E-state index in [0.717, 1.165) is 0 Å². The van der Waals surface area contributed by atoms with Crippen LogP contribution >= 0.6 is 16.1 Å². The fourth-order valence-corrected chi connectivity index (χ4v) is 1.44. The molecule has 1 saturated heterocycles. The van der Waals surface area contributed by atoms with E-state index in [9.17, 15) is 4.39 Å². The van der Waals surface area contributed by atoms with Crippen molar-refractivity contribution in [3.05, 3.63) is 0 Å². The van der Waals surface area contributed by atoms with Crippen molar-refractivity contribution in [1.82, 2.24) is 3.93 Å². The maximum absolute atomic E-state index is 12.4. The van der Waals surface area contributed by atoms with Crippen LogP contribution in [0.1, 0.15) is 6.42 Å². The van der Waals surface area contributed by atoms with Gasteiger partial charge in [0.05, 0.1) is 6.07 Å². The zero-order chi connectivity index (χ0) is 6.85. The van der Waals surface area contributed by atoms with Crippen molar-refractivity contribution in [1.29, 1.82) is 5.26 Å². The Morgan fingerprint density at radius 1 is 1.78 bits per heavy atom. The number of nitriles is 1. The molecule has 0 saturated carbocycles. The Morgan fingerprint density at radius 3 is 2.67 bits per heavy atom. The van der Waals surface area contributed by atoms with Gasteiger partial charge >= 0.3 is 0 Å². The third-order valence-corrected chi connectivity index (χ3v) is 2.12. The van der Waals surface area contributed by atoms with Gasteiger partial charge in [-0.15, -0.1) is 0 Å². The SMILES string of the molecule is N#CC1CC(F)CN1Br. The van der Waals surface area contributed by atoms with Gasteiger partial charge in [0, 0.05) is 29.1 Å². The number of hydrogen-bond acceptors (Lipinski definition) is 2. The standard InChI is InChI=1S/C5H6BrFN2/c6-9-3-4(7)1-5(9)2-8/h4-5H,1,3H2. The van der Waals surface area contributed by atoms with E-state index in [0.29, 0.717) is 13.0 Å². The number of hydrogen-bond donors (Lipinski definition) is 0. The Morgan fingerprint density at radius 2 is 2.44 bits per heavy atom. The lowest BCUT2D eigenvalue weighted by atomic mass is 10.2. The summed E-state index contributed by atoms with van der Waals surface area (Å²) in [5.74, 6) is 0. The average Bonchev–Trinajstić information content (AvgIpc) is 2.10. The Balaban J connectivity index is 2.50. The van der Waals surface area contributed by atoms with E-state index in [1.807, 2.05) is 6.07 Å². The van der Waals surface area contributed by atoms with Gasteiger partial charge in [-0.25, -0.2) is 8.32 Å². The third kappa shape index (κ3) is 1.41. The summed E-state index contributed by atoms with van der Waals surface area (Å²) in [6, 6.07) is 1.71. The van der Waals surface area contributed by atoms with Gasteiger partial charge in [-0.1, -0.05) is 0 Å². The molecular formula is C5H6BrFN2. The Kier molecular flexibility index (Phi) is 2.04. The van der Waals surface area contributed by atoms with Crippen molar-refractivity contribution in [2.45, 2.75) is 18.6 Å². The molecule has 0 bridgehead atoms. The molecule has 0 spiro atoms. The van der Waals surface area contributed by atoms with Crippen molar-refractivity contribution >= 4 is 16.1 Å². The quantitative estimate of drug-likeness (QED) is 0.541. The smallest absolute Gasteiger partial charge is 0.116 e. The highest BCUT2D eigenvalue weighted by Crippen LogP contribution is 2.22. The fraction of sp³-hybridized carbons (Fsp3) is 0.800. The molecule has 9 heavy (non-hydrogen) atoms. The van der Waals surface area contributed by atoms with Crippen LogP contribution in [-0.4, -0.2) is 22.7 Å². The number of alkyl halides is 1. The second kappa shape index (κ2) is 2.63. The van der Waals surface area contributed by atoms with Crippen LogP contribution in [0.25, 0.3) is 0 Å². The Bertz CT molecular complexity index is 144. The lowest BCUT2D eigenvalue weighted by Gasteiger charge is -2.05. The Hall–Kier alpha value is -0.140. The minimum atomic E-state index is -0.839. The molecule has 2 nitrogen and oxygen atoms in total. The summed E-state index contributed by atoms with van der Waals surface area (Å²) in [6.45, 7) is 0.332. The lowest BCUT2D eigenvalue weighted by molar-refractivity contribution is 0.350. The highest BCUT2D eigenvalue weighted by atomic mass is 79.9. The first kappa shape index (κ1) is 6.97. The molecule has 50 valence electrons. The molecule has 1 fully saturated rings. The van der Waals surface area contributed by atoms with Crippen LogP contribution in [-0.2, 0) is 0 Å². The van der Waals surface area contributed by atoms with Gasteiger partial charge in [0.1, 0.15) is 12.2 Å². The largest absolute Gasteiger partial charge is 0.246 e. The number of halogens is 2. The first-order valence-electron chi connectivity index (χ1n) is 2.70. The van der Waals surface area contributed by atoms with E-state index >= 15 is 0 Å². The van der Waals surface area contributed by atoms with Crippen molar-refractivity contribution in [2.75, 3.05) is 6.54 Å². The molecule has 1 heterocycles. The Labute approximate surface area is 61.6 Å². The zero-order valence-electron chi connectivity index (χ0n) is 4.72. The van der Waals surface area contributed by atoms with Gasteiger partial charge in [-0.05, 0) is 0 Å². The van der Waals surface area contributed by atoms with Crippen LogP contribution in [0, 0.1) is 11.3 Å². The summed E-state index contributed by atoms with van der Waals surface area (Å²) in [7, 11) is 0. The number of nitrogens with zero attached hydrogens (tertiary/aromatic N) is 2. The maximum atomic E-state index is 12.4. The second-order valence-corrected chi connectivity index (χ2v) is 2.97. The summed E-state index contributed by atoms with van der Waals surface area (Å²) in [5, 5.41) is 8.37. The van der Waals surface area contributed by atoms with Crippen LogP contribution in [0.3, 0.4) is 0 Å². The van der Waals surface area contributed by atoms with Crippen LogP contribution in [0.2, 0.25) is 0 Å². The van der Waals surface area contributed by atoms with Crippen LogP contribution in [0.4, 0.5) is 4.39 Å². The third-order valence-electron chi connectivity index (χ3n) is 1.34. The summed E-state index contributed by atoms with van der Waals surface area (Å²) in [6.07, 6.45) is -0.504. The monoisotopic (exact) mass is 192 g/mol. The lowest BCUT2D eigenvalue weighted by Crippen LogP contribution is -2.16. The summed E-state index contributed by atoms with van der Waals surface area (Å²) in [4.78, 5) is 0. The summed E-state index contributed by atoms with van der Waals surface area (Å²) >= 11 is 3.08. The van der Waals surface area contributed by atoms with E-state index in [1.54, 1.807) is 3.93 Å². The van der Waals surface area contributed by atoms with Crippen molar-refractivity contribution in [3.8, 4) is 6.07 Å². The van der Waals surface area contributed by atoms with E-state index in [2.05, 4.69) is 16.1 Å². The predicted molar refractivity (Wildman–Crippen MR) is 34.5 cm³/mol. The molecular weight excluding hydrogens is 187 g/mol. The van der Waals surface area contributed by atoms with Gasteiger partial charge in [0.2, 0.25) is 0 Å². The molecule has 4 heteroatoms. The molecule has 0 amide bonds. The maximum Gasteiger partial charge on any atom is 0.116 e. The van der Waals surface area contributed by atoms with Gasteiger partial charge in [-0.3, -0.25) is 0 Å². The van der Waals surface area contributed by atoms with Gasteiger partial charge in [0.25, 0.3) is 0 Å². The molecule has 1 aliphatic rings. The fourth-order valence-electron chi connectivity index (χ4n) is 0.863. The predicted octanol–water partition coefficient (Wildman–Crippen LogP) is 1.23. The molecule has 2 unspecified atom stereocenters. The minimum Gasteiger partial charge on any atom is -0.246 e. The molecule has 1 rings (SSSR count). The first-order valence-corrected chi connectivity index (χ1v) is 3.41. The van der Waals surface area contributed by atoms with Gasteiger partial charge < -0.3 is 0 Å². The van der Waals surface area contributed by atoms with Crippen molar-refractivity contribution < 1.29 is 4.39 Å². The van der Waals surface area contributed by atoms with Crippen LogP contribution < -0.4 is 0 Å². The van der Waals surface area contributed by atoms with E-state index < -0.39 is 6.17 Å². The number of rotatable bonds is 0. The highest BCUT2D eigenvalue weighted by Gasteiger charge is 2.30. The summed E-state index contributed by atoms with van der Waals surface area (Å²) in [5.41, 5.74) is 0. The topological polar surface area (TPSA) is 27.0 Å². The molecule has 2 atom stereocenters. The van der Waals surface area contributed by atoms with Gasteiger partial charge in [0.15, 0.2) is 0 Å². The van der Waals surface area contributed by atoms with E-state index in [-0.39, 0.29) is 6.04 Å². The van der Waals surface area contributed by atoms with Crippen LogP contribution in [0.5, 0.6) is 0 Å². The highest BCUT2D eigenvalue weighted by molar-refractivity contribution is 9.07.